The van der Waals surface area contributed by atoms with Crippen LogP contribution < -0.4 is 4.90 Å². The molecule has 16 heavy (non-hydrogen) atoms. The van der Waals surface area contributed by atoms with Gasteiger partial charge < -0.3 is 9.80 Å². The molecule has 1 heterocycles. The highest BCUT2D eigenvalue weighted by molar-refractivity contribution is 5.98. The summed E-state index contributed by atoms with van der Waals surface area (Å²) >= 11 is 0. The van der Waals surface area contributed by atoms with Crippen molar-refractivity contribution in [1.29, 1.82) is 0 Å². The Hall–Kier alpha value is -1.42. The van der Waals surface area contributed by atoms with E-state index >= 15 is 0 Å². The van der Waals surface area contributed by atoms with Gasteiger partial charge in [0.05, 0.1) is 5.56 Å². The molecule has 4 heteroatoms. The Bertz CT molecular complexity index is 363. The first kappa shape index (κ1) is 12.6. The minimum atomic E-state index is 0.0554. The average Bonchev–Trinajstić information content (AvgIpc) is 2.25. The maximum Gasteiger partial charge on any atom is 0.163 e. The van der Waals surface area contributed by atoms with Gasteiger partial charge in [-0.3, -0.25) is 4.79 Å². The van der Waals surface area contributed by atoms with Crippen LogP contribution in [0, 0.1) is 0 Å². The van der Waals surface area contributed by atoms with E-state index in [0.29, 0.717) is 5.56 Å². The van der Waals surface area contributed by atoms with Crippen molar-refractivity contribution in [3.8, 4) is 0 Å². The quantitative estimate of drug-likeness (QED) is 0.702. The molecule has 4 nitrogen and oxygen atoms in total. The molecule has 1 rings (SSSR count). The van der Waals surface area contributed by atoms with Crippen molar-refractivity contribution >= 4 is 11.6 Å². The van der Waals surface area contributed by atoms with Crippen LogP contribution in [0.1, 0.15) is 17.3 Å². The first-order valence-electron chi connectivity index (χ1n) is 5.34. The number of anilines is 1. The Morgan fingerprint density at radius 2 is 2.00 bits per heavy atom. The molecule has 0 aliphatic carbocycles. The van der Waals surface area contributed by atoms with Gasteiger partial charge in [0.2, 0.25) is 0 Å². The van der Waals surface area contributed by atoms with Gasteiger partial charge in [-0.25, -0.2) is 4.98 Å². The molecule has 0 amide bonds. The SMILES string of the molecule is CC(=O)c1cccnc1N(C)CCN(C)C. The Labute approximate surface area is 96.9 Å². The van der Waals surface area contributed by atoms with E-state index in [1.807, 2.05) is 32.1 Å². The van der Waals surface area contributed by atoms with E-state index in [-0.39, 0.29) is 5.78 Å². The molecule has 0 fully saturated rings. The molecule has 0 saturated carbocycles. The van der Waals surface area contributed by atoms with E-state index < -0.39 is 0 Å². The third kappa shape index (κ3) is 3.31. The lowest BCUT2D eigenvalue weighted by Gasteiger charge is -2.22. The predicted octanol–water partition coefficient (Wildman–Crippen LogP) is 1.28. The summed E-state index contributed by atoms with van der Waals surface area (Å²) in [5.74, 6) is 0.816. The van der Waals surface area contributed by atoms with Crippen LogP contribution >= 0.6 is 0 Å². The second-order valence-electron chi connectivity index (χ2n) is 4.16. The Balaban J connectivity index is 2.82. The largest absolute Gasteiger partial charge is 0.358 e. The lowest BCUT2D eigenvalue weighted by atomic mass is 10.2. The van der Waals surface area contributed by atoms with Crippen molar-refractivity contribution in [3.05, 3.63) is 23.9 Å². The van der Waals surface area contributed by atoms with E-state index in [9.17, 15) is 4.79 Å². The number of nitrogens with zero attached hydrogens (tertiary/aromatic N) is 3. The smallest absolute Gasteiger partial charge is 0.163 e. The molecule has 0 aliphatic rings. The van der Waals surface area contributed by atoms with E-state index in [0.717, 1.165) is 18.9 Å². The van der Waals surface area contributed by atoms with Gasteiger partial charge in [-0.2, -0.15) is 0 Å². The molecule has 0 radical (unpaired) electrons. The summed E-state index contributed by atoms with van der Waals surface area (Å²) in [6, 6.07) is 3.61. The number of carbonyl (C=O) groups is 1. The first-order valence-corrected chi connectivity index (χ1v) is 5.34. The van der Waals surface area contributed by atoms with Gasteiger partial charge in [0, 0.05) is 26.3 Å². The molecule has 0 bridgehead atoms. The van der Waals surface area contributed by atoms with Gasteiger partial charge in [-0.1, -0.05) is 0 Å². The van der Waals surface area contributed by atoms with Crippen molar-refractivity contribution < 1.29 is 4.79 Å². The lowest BCUT2D eigenvalue weighted by molar-refractivity contribution is 0.101. The molecule has 1 aromatic heterocycles. The van der Waals surface area contributed by atoms with Crippen LogP contribution in [0.25, 0.3) is 0 Å². The van der Waals surface area contributed by atoms with Crippen LogP contribution in [0.2, 0.25) is 0 Å². The molecule has 0 saturated heterocycles. The average molecular weight is 221 g/mol. The maximum atomic E-state index is 11.4. The third-order valence-corrected chi connectivity index (χ3v) is 2.41. The van der Waals surface area contributed by atoms with Crippen LogP contribution in [-0.2, 0) is 0 Å². The minimum Gasteiger partial charge on any atom is -0.358 e. The van der Waals surface area contributed by atoms with Crippen LogP contribution in [0.15, 0.2) is 18.3 Å². The van der Waals surface area contributed by atoms with Crippen molar-refractivity contribution in [2.45, 2.75) is 6.92 Å². The van der Waals surface area contributed by atoms with E-state index in [1.54, 1.807) is 19.2 Å². The second-order valence-corrected chi connectivity index (χ2v) is 4.16. The minimum absolute atomic E-state index is 0.0554. The molecule has 0 aliphatic heterocycles. The Kier molecular flexibility index (Phi) is 4.43. The summed E-state index contributed by atoms with van der Waals surface area (Å²) in [5.41, 5.74) is 0.684. The number of aromatic nitrogens is 1. The molecule has 0 aromatic carbocycles. The molecule has 88 valence electrons. The number of Topliss-reactive ketones (excluding diaryl/α,β-unsaturated/α-hetero) is 1. The van der Waals surface area contributed by atoms with Crippen LogP contribution in [0.4, 0.5) is 5.82 Å². The normalized spacial score (nSPS) is 10.6. The summed E-state index contributed by atoms with van der Waals surface area (Å²) in [6.07, 6.45) is 1.72. The van der Waals surface area contributed by atoms with Gasteiger partial charge >= 0.3 is 0 Å². The van der Waals surface area contributed by atoms with Crippen molar-refractivity contribution in [3.63, 3.8) is 0 Å². The summed E-state index contributed by atoms with van der Waals surface area (Å²) < 4.78 is 0. The van der Waals surface area contributed by atoms with E-state index in [4.69, 9.17) is 0 Å². The fraction of sp³-hybridized carbons (Fsp3) is 0.500. The summed E-state index contributed by atoms with van der Waals surface area (Å²) in [5, 5.41) is 0. The van der Waals surface area contributed by atoms with Crippen LogP contribution in [-0.4, -0.2) is 49.9 Å². The maximum absolute atomic E-state index is 11.4. The molecule has 0 unspecified atom stereocenters. The van der Waals surface area contributed by atoms with Gasteiger partial charge in [-0.05, 0) is 33.2 Å². The molecule has 0 spiro atoms. The van der Waals surface area contributed by atoms with E-state index in [1.165, 1.54) is 0 Å². The van der Waals surface area contributed by atoms with Crippen molar-refractivity contribution in [2.24, 2.45) is 0 Å². The van der Waals surface area contributed by atoms with E-state index in [2.05, 4.69) is 9.88 Å². The van der Waals surface area contributed by atoms with Gasteiger partial charge in [0.15, 0.2) is 5.78 Å². The summed E-state index contributed by atoms with van der Waals surface area (Å²) in [4.78, 5) is 19.8. The number of pyridine rings is 1. The van der Waals surface area contributed by atoms with Crippen LogP contribution in [0.3, 0.4) is 0 Å². The summed E-state index contributed by atoms with van der Waals surface area (Å²) in [7, 11) is 6.01. The predicted molar refractivity (Wildman–Crippen MR) is 66.1 cm³/mol. The highest BCUT2D eigenvalue weighted by Crippen LogP contribution is 2.15. The highest BCUT2D eigenvalue weighted by atomic mass is 16.1. The third-order valence-electron chi connectivity index (χ3n) is 2.41. The molecular weight excluding hydrogens is 202 g/mol. The molecular formula is C12H19N3O. The molecule has 0 atom stereocenters. The number of ketones is 1. The second kappa shape index (κ2) is 5.61. The lowest BCUT2D eigenvalue weighted by Crippen LogP contribution is -2.30. The van der Waals surface area contributed by atoms with Crippen molar-refractivity contribution in [2.75, 3.05) is 39.1 Å². The zero-order valence-corrected chi connectivity index (χ0v) is 10.4. The number of carbonyl (C=O) groups excluding carboxylic acids is 1. The fourth-order valence-corrected chi connectivity index (χ4v) is 1.43. The zero-order valence-electron chi connectivity index (χ0n) is 10.4. The van der Waals surface area contributed by atoms with Gasteiger partial charge in [0.25, 0.3) is 0 Å². The Morgan fingerprint density at radius 3 is 2.56 bits per heavy atom. The topological polar surface area (TPSA) is 36.4 Å². The monoisotopic (exact) mass is 221 g/mol. The summed E-state index contributed by atoms with van der Waals surface area (Å²) in [6.45, 7) is 3.36. The molecule has 0 N–H and O–H groups in total. The van der Waals surface area contributed by atoms with Crippen molar-refractivity contribution in [1.82, 2.24) is 9.88 Å². The number of hydrogen-bond donors (Lipinski definition) is 0. The fourth-order valence-electron chi connectivity index (χ4n) is 1.43. The Morgan fingerprint density at radius 1 is 1.31 bits per heavy atom. The first-order chi connectivity index (χ1) is 7.52. The number of rotatable bonds is 5. The zero-order chi connectivity index (χ0) is 12.1. The standard InChI is InChI=1S/C12H19N3O/c1-10(16)11-6-5-7-13-12(11)15(4)9-8-14(2)3/h5-7H,8-9H2,1-4H3. The molecule has 1 aromatic rings. The van der Waals surface area contributed by atoms with Gasteiger partial charge in [0.1, 0.15) is 5.82 Å². The number of likely N-dealkylation sites (N-methyl/N-ethyl adjacent to an activating group) is 2. The van der Waals surface area contributed by atoms with Gasteiger partial charge in [-0.15, -0.1) is 0 Å². The number of hydrogen-bond acceptors (Lipinski definition) is 4. The highest BCUT2D eigenvalue weighted by Gasteiger charge is 2.11. The van der Waals surface area contributed by atoms with Crippen LogP contribution in [0.5, 0.6) is 0 Å².